The minimum absolute atomic E-state index is 0.168. The summed E-state index contributed by atoms with van der Waals surface area (Å²) in [5.41, 5.74) is 0.670. The summed E-state index contributed by atoms with van der Waals surface area (Å²) in [7, 11) is 1.85. The minimum Gasteiger partial charge on any atom is -0.378 e. The summed E-state index contributed by atoms with van der Waals surface area (Å²) in [6, 6.07) is 0. The van der Waals surface area contributed by atoms with Crippen LogP contribution in [-0.4, -0.2) is 17.5 Å². The number of methoxy groups -OCH3 is 1. The van der Waals surface area contributed by atoms with E-state index in [1.807, 2.05) is 7.11 Å². The third kappa shape index (κ3) is 0.858. The smallest absolute Gasteiger partial charge is 0.0717 e. The van der Waals surface area contributed by atoms with Crippen LogP contribution in [0.1, 0.15) is 32.6 Å². The molecular weight excluding hydrogens is 204 g/mol. The van der Waals surface area contributed by atoms with E-state index in [0.29, 0.717) is 5.41 Å². The van der Waals surface area contributed by atoms with E-state index < -0.39 is 0 Å². The molecule has 0 aromatic rings. The first kappa shape index (κ1) is 8.06. The molecule has 2 unspecified atom stereocenters. The van der Waals surface area contributed by atoms with Gasteiger partial charge in [0.2, 0.25) is 0 Å². The molecule has 2 aliphatic rings. The van der Waals surface area contributed by atoms with Crippen LogP contribution in [0, 0.1) is 5.41 Å². The van der Waals surface area contributed by atoms with E-state index in [9.17, 15) is 0 Å². The van der Waals surface area contributed by atoms with Crippen LogP contribution in [0.2, 0.25) is 0 Å². The second kappa shape index (κ2) is 2.23. The van der Waals surface area contributed by atoms with Crippen molar-refractivity contribution >= 4 is 15.9 Å². The number of halogens is 1. The molecule has 2 aliphatic carbocycles. The molecule has 1 spiro atoms. The van der Waals surface area contributed by atoms with Gasteiger partial charge in [-0.15, -0.1) is 0 Å². The fourth-order valence-electron chi connectivity index (χ4n) is 2.63. The van der Waals surface area contributed by atoms with Crippen LogP contribution in [0.4, 0.5) is 0 Å². The largest absolute Gasteiger partial charge is 0.378 e. The Morgan fingerprint density at radius 3 is 2.45 bits per heavy atom. The zero-order valence-electron chi connectivity index (χ0n) is 7.19. The van der Waals surface area contributed by atoms with E-state index in [0.717, 1.165) is 4.83 Å². The summed E-state index contributed by atoms with van der Waals surface area (Å²) in [6.45, 7) is 2.27. The van der Waals surface area contributed by atoms with Gasteiger partial charge in [-0.3, -0.25) is 0 Å². The molecule has 0 saturated heterocycles. The topological polar surface area (TPSA) is 9.23 Å². The summed E-state index contributed by atoms with van der Waals surface area (Å²) >= 11 is 3.70. The lowest BCUT2D eigenvalue weighted by atomic mass is 9.89. The standard InChI is InChI=1S/C9H15BrO/c1-8(11-2)4-3-5-9(8)6-7(9)10/h7H,3-6H2,1-2H3/t7?,8-,9?/m0/s1. The van der Waals surface area contributed by atoms with Crippen molar-refractivity contribution in [1.29, 1.82) is 0 Å². The molecular formula is C9H15BrO. The van der Waals surface area contributed by atoms with Crippen molar-refractivity contribution in [2.24, 2.45) is 5.41 Å². The van der Waals surface area contributed by atoms with Crippen molar-refractivity contribution in [2.45, 2.75) is 43.0 Å². The second-order valence-corrected chi connectivity index (χ2v) is 5.22. The molecule has 0 radical (unpaired) electrons. The van der Waals surface area contributed by atoms with Gasteiger partial charge >= 0.3 is 0 Å². The first-order chi connectivity index (χ1) is 5.15. The molecule has 0 aromatic heterocycles. The maximum atomic E-state index is 5.62. The highest BCUT2D eigenvalue weighted by Gasteiger charge is 2.66. The molecule has 0 heterocycles. The van der Waals surface area contributed by atoms with Crippen LogP contribution < -0.4 is 0 Å². The molecule has 2 saturated carbocycles. The molecule has 0 amide bonds. The monoisotopic (exact) mass is 218 g/mol. The predicted molar refractivity (Wildman–Crippen MR) is 49.0 cm³/mol. The molecule has 2 fully saturated rings. The average Bonchev–Trinajstić information content (AvgIpc) is 2.50. The fourth-order valence-corrected chi connectivity index (χ4v) is 3.92. The average molecular weight is 219 g/mol. The Hall–Kier alpha value is 0.440. The zero-order valence-corrected chi connectivity index (χ0v) is 8.78. The molecule has 11 heavy (non-hydrogen) atoms. The molecule has 2 rings (SSSR count). The molecule has 64 valence electrons. The minimum atomic E-state index is 0.168. The van der Waals surface area contributed by atoms with Crippen molar-refractivity contribution in [3.63, 3.8) is 0 Å². The highest BCUT2D eigenvalue weighted by atomic mass is 79.9. The first-order valence-corrected chi connectivity index (χ1v) is 5.25. The van der Waals surface area contributed by atoms with Crippen LogP contribution in [0.15, 0.2) is 0 Å². The first-order valence-electron chi connectivity index (χ1n) is 4.34. The van der Waals surface area contributed by atoms with Crippen molar-refractivity contribution in [2.75, 3.05) is 7.11 Å². The SMILES string of the molecule is CO[C@@]1(C)CCCC12CC2Br. The van der Waals surface area contributed by atoms with E-state index in [2.05, 4.69) is 22.9 Å². The lowest BCUT2D eigenvalue weighted by Gasteiger charge is -2.30. The van der Waals surface area contributed by atoms with Gasteiger partial charge in [0.15, 0.2) is 0 Å². The van der Waals surface area contributed by atoms with Crippen molar-refractivity contribution in [1.82, 2.24) is 0 Å². The Morgan fingerprint density at radius 2 is 2.09 bits per heavy atom. The third-order valence-corrected chi connectivity index (χ3v) is 4.96. The van der Waals surface area contributed by atoms with Gasteiger partial charge in [0.1, 0.15) is 0 Å². The van der Waals surface area contributed by atoms with Crippen LogP contribution in [0.5, 0.6) is 0 Å². The number of ether oxygens (including phenoxy) is 1. The molecule has 0 aromatic carbocycles. The van der Waals surface area contributed by atoms with Gasteiger partial charge in [-0.05, 0) is 32.6 Å². The molecule has 1 nitrogen and oxygen atoms in total. The summed E-state index contributed by atoms with van der Waals surface area (Å²) in [4.78, 5) is 0.724. The highest BCUT2D eigenvalue weighted by molar-refractivity contribution is 9.09. The van der Waals surface area contributed by atoms with Crippen LogP contribution >= 0.6 is 15.9 Å². The normalized spacial score (nSPS) is 55.4. The Bertz CT molecular complexity index is 174. The maximum Gasteiger partial charge on any atom is 0.0717 e. The summed E-state index contributed by atoms with van der Waals surface area (Å²) in [5.74, 6) is 0. The van der Waals surface area contributed by atoms with E-state index in [1.165, 1.54) is 25.7 Å². The quantitative estimate of drug-likeness (QED) is 0.616. The Morgan fingerprint density at radius 1 is 1.45 bits per heavy atom. The van der Waals surface area contributed by atoms with E-state index in [-0.39, 0.29) is 5.60 Å². The highest BCUT2D eigenvalue weighted by Crippen LogP contribution is 2.67. The van der Waals surface area contributed by atoms with Gasteiger partial charge in [0, 0.05) is 17.4 Å². The predicted octanol–water partition coefficient (Wildman–Crippen LogP) is 2.73. The lowest BCUT2D eigenvalue weighted by Crippen LogP contribution is -2.34. The molecule has 0 bridgehead atoms. The molecule has 3 atom stereocenters. The van der Waals surface area contributed by atoms with E-state index in [1.54, 1.807) is 0 Å². The van der Waals surface area contributed by atoms with Crippen molar-refractivity contribution in [3.8, 4) is 0 Å². The van der Waals surface area contributed by atoms with Crippen LogP contribution in [-0.2, 0) is 4.74 Å². The van der Waals surface area contributed by atoms with Crippen molar-refractivity contribution < 1.29 is 4.74 Å². The number of alkyl halides is 1. The van der Waals surface area contributed by atoms with Gasteiger partial charge in [0.25, 0.3) is 0 Å². The van der Waals surface area contributed by atoms with E-state index >= 15 is 0 Å². The van der Waals surface area contributed by atoms with Gasteiger partial charge in [0.05, 0.1) is 5.60 Å². The fraction of sp³-hybridized carbons (Fsp3) is 1.00. The Labute approximate surface area is 76.6 Å². The summed E-state index contributed by atoms with van der Waals surface area (Å²) in [6.07, 6.45) is 5.25. The number of hydrogen-bond donors (Lipinski definition) is 0. The second-order valence-electron chi connectivity index (χ2n) is 4.12. The molecule has 2 heteroatoms. The van der Waals surface area contributed by atoms with Gasteiger partial charge < -0.3 is 4.74 Å². The third-order valence-electron chi connectivity index (χ3n) is 3.76. The zero-order chi connectivity index (χ0) is 8.11. The lowest BCUT2D eigenvalue weighted by molar-refractivity contribution is -0.0354. The summed E-state index contributed by atoms with van der Waals surface area (Å²) < 4.78 is 5.62. The molecule has 0 N–H and O–H groups in total. The van der Waals surface area contributed by atoms with Gasteiger partial charge in [-0.2, -0.15) is 0 Å². The number of rotatable bonds is 1. The summed E-state index contributed by atoms with van der Waals surface area (Å²) in [5, 5.41) is 0. The van der Waals surface area contributed by atoms with Crippen LogP contribution in [0.3, 0.4) is 0 Å². The van der Waals surface area contributed by atoms with Gasteiger partial charge in [-0.25, -0.2) is 0 Å². The Kier molecular flexibility index (Phi) is 1.63. The van der Waals surface area contributed by atoms with Crippen LogP contribution in [0.25, 0.3) is 0 Å². The number of hydrogen-bond acceptors (Lipinski definition) is 1. The molecule has 0 aliphatic heterocycles. The Balaban J connectivity index is 2.22. The van der Waals surface area contributed by atoms with E-state index in [4.69, 9.17) is 4.74 Å². The van der Waals surface area contributed by atoms with Crippen molar-refractivity contribution in [3.05, 3.63) is 0 Å². The van der Waals surface area contributed by atoms with Gasteiger partial charge in [-0.1, -0.05) is 15.9 Å². The maximum absolute atomic E-state index is 5.62.